The number of pyridine rings is 1. The molecule has 4 aromatic rings. The number of imidazole rings is 1. The largest absolute Gasteiger partial charge is 0.479 e. The Hall–Kier alpha value is -3.86. The van der Waals surface area contributed by atoms with Gasteiger partial charge in [0.25, 0.3) is 0 Å². The van der Waals surface area contributed by atoms with Gasteiger partial charge in [-0.1, -0.05) is 6.07 Å². The summed E-state index contributed by atoms with van der Waals surface area (Å²) in [5.41, 5.74) is 4.12. The van der Waals surface area contributed by atoms with E-state index in [0.717, 1.165) is 17.8 Å². The fraction of sp³-hybridized carbons (Fsp3) is 0.227. The molecule has 1 unspecified atom stereocenters. The van der Waals surface area contributed by atoms with Crippen molar-refractivity contribution >= 4 is 16.8 Å². The van der Waals surface area contributed by atoms with Crippen LogP contribution in [0, 0.1) is 6.92 Å². The summed E-state index contributed by atoms with van der Waals surface area (Å²) in [5.74, 6) is 1.09. The molecule has 170 valence electrons. The molecular formula is C22H18F3N5O3. The van der Waals surface area contributed by atoms with Gasteiger partial charge in [0, 0.05) is 11.6 Å². The highest BCUT2D eigenvalue weighted by atomic mass is 19.4. The number of amidine groups is 1. The minimum absolute atomic E-state index is 0.134. The van der Waals surface area contributed by atoms with Gasteiger partial charge in [0.05, 0.1) is 24.7 Å². The summed E-state index contributed by atoms with van der Waals surface area (Å²) in [7, 11) is 1.51. The van der Waals surface area contributed by atoms with Gasteiger partial charge in [-0.3, -0.25) is 9.83 Å². The summed E-state index contributed by atoms with van der Waals surface area (Å²) in [4.78, 5) is 18.8. The predicted octanol–water partition coefficient (Wildman–Crippen LogP) is 4.37. The first kappa shape index (κ1) is 21.0. The average Bonchev–Trinajstić information content (AvgIpc) is 3.44. The van der Waals surface area contributed by atoms with Gasteiger partial charge in [-0.15, -0.1) is 0 Å². The van der Waals surface area contributed by atoms with E-state index in [9.17, 15) is 13.2 Å². The number of methoxy groups -OCH3 is 1. The number of nitrogens with zero attached hydrogens (tertiary/aromatic N) is 4. The van der Waals surface area contributed by atoms with Crippen molar-refractivity contribution in [3.63, 3.8) is 0 Å². The van der Waals surface area contributed by atoms with Crippen molar-refractivity contribution in [3.05, 3.63) is 71.6 Å². The average molecular weight is 457 g/mol. The molecule has 1 N–H and O–H groups in total. The molecule has 0 fully saturated rings. The second-order valence-corrected chi connectivity index (χ2v) is 7.45. The third-order valence-corrected chi connectivity index (χ3v) is 5.16. The van der Waals surface area contributed by atoms with Crippen molar-refractivity contribution in [2.75, 3.05) is 13.7 Å². The van der Waals surface area contributed by atoms with E-state index in [4.69, 9.17) is 14.0 Å². The smallest absolute Gasteiger partial charge is 0.416 e. The molecule has 5 rings (SSSR count). The lowest BCUT2D eigenvalue weighted by Crippen LogP contribution is -2.33. The molecule has 33 heavy (non-hydrogen) atoms. The lowest BCUT2D eigenvalue weighted by Gasteiger charge is -2.20. The molecule has 8 nitrogen and oxygen atoms in total. The quantitative estimate of drug-likeness (QED) is 0.490. The Labute approximate surface area is 185 Å². The summed E-state index contributed by atoms with van der Waals surface area (Å²) >= 11 is 0. The highest BCUT2D eigenvalue weighted by molar-refractivity contribution is 5.97. The van der Waals surface area contributed by atoms with Crippen molar-refractivity contribution in [2.24, 2.45) is 4.99 Å². The maximum absolute atomic E-state index is 13.0. The van der Waals surface area contributed by atoms with Crippen LogP contribution >= 0.6 is 0 Å². The number of benzene rings is 1. The van der Waals surface area contributed by atoms with Gasteiger partial charge in [0.15, 0.2) is 5.84 Å². The Morgan fingerprint density at radius 1 is 1.18 bits per heavy atom. The number of fused-ring (bicyclic) bond motifs is 1. The SMILES string of the molecule is COc1nc(C2=NC(c3cc4ccc(C(F)(F)F)cc4o3)CON2)ccc1-n1cnc(C)c1. The van der Waals surface area contributed by atoms with Crippen molar-refractivity contribution in [1.29, 1.82) is 0 Å². The first-order chi connectivity index (χ1) is 15.8. The minimum atomic E-state index is -4.45. The Balaban J connectivity index is 1.47. The van der Waals surface area contributed by atoms with Crippen molar-refractivity contribution in [3.8, 4) is 11.6 Å². The van der Waals surface area contributed by atoms with Crippen LogP contribution in [0.1, 0.15) is 28.8 Å². The Morgan fingerprint density at radius 2 is 2.03 bits per heavy atom. The van der Waals surface area contributed by atoms with Gasteiger partial charge in [0.2, 0.25) is 5.88 Å². The fourth-order valence-electron chi connectivity index (χ4n) is 3.53. The third-order valence-electron chi connectivity index (χ3n) is 5.16. The second-order valence-electron chi connectivity index (χ2n) is 7.45. The number of halogens is 3. The molecule has 1 atom stereocenters. The van der Waals surface area contributed by atoms with Crippen LogP contribution in [0.2, 0.25) is 0 Å². The zero-order chi connectivity index (χ0) is 23.2. The van der Waals surface area contributed by atoms with Crippen LogP contribution in [0.3, 0.4) is 0 Å². The van der Waals surface area contributed by atoms with E-state index in [-0.39, 0.29) is 12.2 Å². The maximum atomic E-state index is 13.0. The van der Waals surface area contributed by atoms with Crippen LogP contribution in [0.4, 0.5) is 13.2 Å². The standard InChI is InChI=1S/C22H18F3N5O3/c1-12-9-30(11-26-12)17-6-5-15(28-21(17)31-2)20-27-16(10-32-29-20)19-7-13-3-4-14(22(23,24)25)8-18(13)33-19/h3-9,11,16H,10H2,1-2H3,(H,27,29). The molecule has 4 heterocycles. The van der Waals surface area contributed by atoms with E-state index in [1.54, 1.807) is 23.0 Å². The molecular weight excluding hydrogens is 439 g/mol. The van der Waals surface area contributed by atoms with E-state index in [1.807, 2.05) is 19.2 Å². The second kappa shape index (κ2) is 7.93. The highest BCUT2D eigenvalue weighted by Gasteiger charge is 2.31. The first-order valence-electron chi connectivity index (χ1n) is 9.94. The normalized spacial score (nSPS) is 16.5. The number of alkyl halides is 3. The van der Waals surface area contributed by atoms with Crippen molar-refractivity contribution < 1.29 is 27.2 Å². The number of aromatic nitrogens is 3. The minimum Gasteiger partial charge on any atom is -0.479 e. The number of ether oxygens (including phenoxy) is 1. The number of nitrogens with one attached hydrogen (secondary N) is 1. The Bertz CT molecular complexity index is 1360. The number of furan rings is 1. The molecule has 0 bridgehead atoms. The van der Waals surface area contributed by atoms with Crippen LogP contribution < -0.4 is 10.2 Å². The summed E-state index contributed by atoms with van der Waals surface area (Å²) in [5, 5.41) is 0.549. The molecule has 0 amide bonds. The monoisotopic (exact) mass is 457 g/mol. The van der Waals surface area contributed by atoms with E-state index in [0.29, 0.717) is 34.2 Å². The number of hydroxylamine groups is 1. The first-order valence-corrected chi connectivity index (χ1v) is 9.94. The van der Waals surface area contributed by atoms with Crippen LogP contribution in [0.25, 0.3) is 16.7 Å². The molecule has 1 aliphatic heterocycles. The van der Waals surface area contributed by atoms with Crippen LogP contribution in [-0.4, -0.2) is 34.1 Å². The van der Waals surface area contributed by atoms with Gasteiger partial charge in [-0.25, -0.2) is 15.4 Å². The molecule has 1 aliphatic rings. The van der Waals surface area contributed by atoms with Gasteiger partial charge in [-0.2, -0.15) is 13.2 Å². The number of rotatable bonds is 4. The van der Waals surface area contributed by atoms with Gasteiger partial charge in [-0.05, 0) is 37.3 Å². The molecule has 0 radical (unpaired) electrons. The van der Waals surface area contributed by atoms with Crippen LogP contribution in [0.15, 0.2) is 58.3 Å². The third kappa shape index (κ3) is 4.02. The Morgan fingerprint density at radius 3 is 2.76 bits per heavy atom. The Kier molecular flexibility index (Phi) is 5.05. The molecule has 1 aromatic carbocycles. The van der Waals surface area contributed by atoms with Crippen LogP contribution in [0.5, 0.6) is 5.88 Å². The molecule has 0 saturated carbocycles. The lowest BCUT2D eigenvalue weighted by atomic mass is 10.1. The molecule has 0 saturated heterocycles. The van der Waals surface area contributed by atoms with E-state index >= 15 is 0 Å². The van der Waals surface area contributed by atoms with E-state index in [1.165, 1.54) is 13.2 Å². The van der Waals surface area contributed by atoms with E-state index in [2.05, 4.69) is 20.4 Å². The van der Waals surface area contributed by atoms with Gasteiger partial charge < -0.3 is 13.7 Å². The lowest BCUT2D eigenvalue weighted by molar-refractivity contribution is -0.137. The van der Waals surface area contributed by atoms with Gasteiger partial charge >= 0.3 is 6.18 Å². The van der Waals surface area contributed by atoms with Crippen LogP contribution in [-0.2, 0) is 11.0 Å². The number of aliphatic imine (C=N–C) groups is 1. The maximum Gasteiger partial charge on any atom is 0.416 e. The van der Waals surface area contributed by atoms with Crippen molar-refractivity contribution in [1.82, 2.24) is 20.0 Å². The number of aryl methyl sites for hydroxylation is 1. The van der Waals surface area contributed by atoms with E-state index < -0.39 is 17.8 Å². The highest BCUT2D eigenvalue weighted by Crippen LogP contribution is 2.34. The predicted molar refractivity (Wildman–Crippen MR) is 112 cm³/mol. The summed E-state index contributed by atoms with van der Waals surface area (Å²) in [6, 6.07) is 8.04. The zero-order valence-corrected chi connectivity index (χ0v) is 17.6. The number of hydrogen-bond acceptors (Lipinski definition) is 7. The van der Waals surface area contributed by atoms with Gasteiger partial charge in [0.1, 0.15) is 35.4 Å². The zero-order valence-electron chi connectivity index (χ0n) is 17.6. The van der Waals surface area contributed by atoms with Crippen molar-refractivity contribution in [2.45, 2.75) is 19.1 Å². The molecule has 0 spiro atoms. The summed E-state index contributed by atoms with van der Waals surface area (Å²) in [6.07, 6.45) is -0.938. The number of hydrogen-bond donors (Lipinski definition) is 1. The topological polar surface area (TPSA) is 86.7 Å². The fourth-order valence-corrected chi connectivity index (χ4v) is 3.53. The summed E-state index contributed by atoms with van der Waals surface area (Å²) in [6.45, 7) is 2.02. The molecule has 3 aromatic heterocycles. The summed E-state index contributed by atoms with van der Waals surface area (Å²) < 4.78 is 51.9. The molecule has 0 aliphatic carbocycles. The molecule has 11 heteroatoms.